The van der Waals surface area contributed by atoms with E-state index in [2.05, 4.69) is 17.1 Å². The van der Waals surface area contributed by atoms with E-state index in [0.29, 0.717) is 18.4 Å². The predicted molar refractivity (Wildman–Crippen MR) is 89.6 cm³/mol. The van der Waals surface area contributed by atoms with Gasteiger partial charge in [-0.25, -0.2) is 4.98 Å². The zero-order valence-corrected chi connectivity index (χ0v) is 12.8. The first-order valence-corrected chi connectivity index (χ1v) is 7.52. The Labute approximate surface area is 135 Å². The van der Waals surface area contributed by atoms with E-state index in [1.54, 1.807) is 6.20 Å². The number of rotatable bonds is 5. The zero-order chi connectivity index (χ0) is 15.2. The van der Waals surface area contributed by atoms with Gasteiger partial charge in [-0.05, 0) is 17.2 Å². The molecule has 0 fully saturated rings. The molecule has 0 N–H and O–H groups in total. The summed E-state index contributed by atoms with van der Waals surface area (Å²) in [5.41, 5.74) is 4.21. The first-order chi connectivity index (χ1) is 10.8. The van der Waals surface area contributed by atoms with E-state index < -0.39 is 0 Å². The van der Waals surface area contributed by atoms with E-state index in [4.69, 9.17) is 16.3 Å². The van der Waals surface area contributed by atoms with Crippen molar-refractivity contribution in [3.63, 3.8) is 0 Å². The fraction of sp³-hybridized carbons (Fsp3) is 0.105. The number of pyridine rings is 1. The Morgan fingerprint density at radius 1 is 0.818 bits per heavy atom. The lowest BCUT2D eigenvalue weighted by Crippen LogP contribution is -1.97. The monoisotopic (exact) mass is 309 g/mol. The molecule has 110 valence electrons. The lowest BCUT2D eigenvalue weighted by molar-refractivity contribution is 0.107. The van der Waals surface area contributed by atoms with Gasteiger partial charge in [0.25, 0.3) is 0 Å². The average molecular weight is 310 g/mol. The molecule has 3 rings (SSSR count). The van der Waals surface area contributed by atoms with E-state index in [0.717, 1.165) is 22.3 Å². The lowest BCUT2D eigenvalue weighted by Gasteiger charge is -2.08. The Balaban J connectivity index is 1.71. The Morgan fingerprint density at radius 2 is 1.50 bits per heavy atom. The summed E-state index contributed by atoms with van der Waals surface area (Å²) in [6.07, 6.45) is 1.79. The number of ether oxygens (including phenoxy) is 1. The van der Waals surface area contributed by atoms with E-state index in [1.165, 1.54) is 0 Å². The molecule has 0 bridgehead atoms. The quantitative estimate of drug-likeness (QED) is 0.610. The van der Waals surface area contributed by atoms with Crippen molar-refractivity contribution in [2.45, 2.75) is 13.2 Å². The van der Waals surface area contributed by atoms with Crippen LogP contribution in [0.3, 0.4) is 0 Å². The molecule has 3 heteroatoms. The normalized spacial score (nSPS) is 10.6. The molecular formula is C19H16ClNO. The van der Waals surface area contributed by atoms with Gasteiger partial charge in [0.2, 0.25) is 0 Å². The topological polar surface area (TPSA) is 22.1 Å². The summed E-state index contributed by atoms with van der Waals surface area (Å²) >= 11 is 6.17. The van der Waals surface area contributed by atoms with Gasteiger partial charge in [-0.15, -0.1) is 0 Å². The number of benzene rings is 2. The van der Waals surface area contributed by atoms with Crippen LogP contribution in [-0.4, -0.2) is 4.98 Å². The van der Waals surface area contributed by atoms with Crippen LogP contribution in [0.1, 0.15) is 11.1 Å². The number of hydrogen-bond acceptors (Lipinski definition) is 2. The number of aromatic nitrogens is 1. The van der Waals surface area contributed by atoms with Gasteiger partial charge in [0, 0.05) is 17.3 Å². The van der Waals surface area contributed by atoms with E-state index >= 15 is 0 Å². The third kappa shape index (κ3) is 3.73. The summed E-state index contributed by atoms with van der Waals surface area (Å²) in [6, 6.07) is 22.2. The zero-order valence-electron chi connectivity index (χ0n) is 12.1. The Morgan fingerprint density at radius 3 is 2.23 bits per heavy atom. The van der Waals surface area contributed by atoms with E-state index in [1.807, 2.05) is 54.6 Å². The van der Waals surface area contributed by atoms with Gasteiger partial charge in [0.05, 0.1) is 13.2 Å². The molecule has 0 aliphatic heterocycles. The van der Waals surface area contributed by atoms with Crippen molar-refractivity contribution in [2.24, 2.45) is 0 Å². The fourth-order valence-electron chi connectivity index (χ4n) is 2.24. The first-order valence-electron chi connectivity index (χ1n) is 7.14. The molecule has 2 aromatic carbocycles. The minimum atomic E-state index is 0.446. The third-order valence-corrected chi connectivity index (χ3v) is 3.73. The summed E-state index contributed by atoms with van der Waals surface area (Å²) in [7, 11) is 0. The summed E-state index contributed by atoms with van der Waals surface area (Å²) < 4.78 is 5.75. The molecule has 0 saturated heterocycles. The van der Waals surface area contributed by atoms with Crippen molar-refractivity contribution >= 4 is 11.6 Å². The van der Waals surface area contributed by atoms with Crippen LogP contribution >= 0.6 is 11.6 Å². The Bertz CT molecular complexity index is 729. The van der Waals surface area contributed by atoms with Crippen molar-refractivity contribution in [3.05, 3.63) is 89.2 Å². The van der Waals surface area contributed by atoms with E-state index in [-0.39, 0.29) is 0 Å². The molecule has 0 aliphatic carbocycles. The highest BCUT2D eigenvalue weighted by atomic mass is 35.5. The first kappa shape index (κ1) is 14.8. The van der Waals surface area contributed by atoms with Gasteiger partial charge in [-0.1, -0.05) is 72.3 Å². The van der Waals surface area contributed by atoms with Crippen LogP contribution < -0.4 is 0 Å². The van der Waals surface area contributed by atoms with Crippen LogP contribution in [0.2, 0.25) is 5.15 Å². The maximum absolute atomic E-state index is 6.17. The van der Waals surface area contributed by atoms with Crippen molar-refractivity contribution in [1.82, 2.24) is 4.98 Å². The number of halogens is 1. The second-order valence-corrected chi connectivity index (χ2v) is 5.38. The third-order valence-electron chi connectivity index (χ3n) is 3.39. The predicted octanol–water partition coefficient (Wildman–Crippen LogP) is 5.12. The molecule has 3 aromatic rings. The maximum atomic E-state index is 6.17. The molecule has 0 aliphatic rings. The van der Waals surface area contributed by atoms with Crippen molar-refractivity contribution in [3.8, 4) is 11.1 Å². The molecule has 22 heavy (non-hydrogen) atoms. The van der Waals surface area contributed by atoms with Crippen LogP contribution in [0, 0.1) is 0 Å². The summed E-state index contributed by atoms with van der Waals surface area (Å²) in [5, 5.41) is 0.493. The molecule has 0 spiro atoms. The second kappa shape index (κ2) is 7.21. The molecule has 0 amide bonds. The minimum Gasteiger partial charge on any atom is -0.372 e. The van der Waals surface area contributed by atoms with Gasteiger partial charge in [-0.3, -0.25) is 0 Å². The molecule has 0 atom stereocenters. The number of hydrogen-bond donors (Lipinski definition) is 0. The molecule has 1 heterocycles. The minimum absolute atomic E-state index is 0.446. The fourth-order valence-corrected chi connectivity index (χ4v) is 2.39. The van der Waals surface area contributed by atoms with Crippen molar-refractivity contribution in [2.75, 3.05) is 0 Å². The van der Waals surface area contributed by atoms with Gasteiger partial charge in [0.1, 0.15) is 5.15 Å². The Hall–Kier alpha value is -2.16. The highest BCUT2D eigenvalue weighted by Crippen LogP contribution is 2.23. The average Bonchev–Trinajstić information content (AvgIpc) is 2.58. The SMILES string of the molecule is Clc1ncc(-c2ccccc2)cc1COCc1ccccc1. The van der Waals surface area contributed by atoms with Crippen molar-refractivity contribution < 1.29 is 4.74 Å². The van der Waals surface area contributed by atoms with Crippen LogP contribution in [0.15, 0.2) is 72.9 Å². The Kier molecular flexibility index (Phi) is 4.84. The summed E-state index contributed by atoms with van der Waals surface area (Å²) in [5.74, 6) is 0. The molecule has 0 saturated carbocycles. The highest BCUT2D eigenvalue weighted by Gasteiger charge is 2.06. The van der Waals surface area contributed by atoms with Gasteiger partial charge < -0.3 is 4.74 Å². The maximum Gasteiger partial charge on any atom is 0.134 e. The smallest absolute Gasteiger partial charge is 0.134 e. The molecule has 2 nitrogen and oxygen atoms in total. The molecule has 1 aromatic heterocycles. The van der Waals surface area contributed by atoms with Gasteiger partial charge in [0.15, 0.2) is 0 Å². The van der Waals surface area contributed by atoms with Gasteiger partial charge >= 0.3 is 0 Å². The second-order valence-electron chi connectivity index (χ2n) is 5.02. The highest BCUT2D eigenvalue weighted by molar-refractivity contribution is 6.30. The standard InChI is InChI=1S/C19H16ClNO/c20-19-18(14-22-13-15-7-3-1-4-8-15)11-17(12-21-19)16-9-5-2-6-10-16/h1-12H,13-14H2. The van der Waals surface area contributed by atoms with E-state index in [9.17, 15) is 0 Å². The molecular weight excluding hydrogens is 294 g/mol. The molecule has 0 radical (unpaired) electrons. The van der Waals surface area contributed by atoms with Crippen LogP contribution in [-0.2, 0) is 18.0 Å². The van der Waals surface area contributed by atoms with Crippen molar-refractivity contribution in [1.29, 1.82) is 0 Å². The van der Waals surface area contributed by atoms with Crippen LogP contribution in [0.4, 0.5) is 0 Å². The summed E-state index contributed by atoms with van der Waals surface area (Å²) in [6.45, 7) is 1.01. The number of nitrogens with zero attached hydrogens (tertiary/aromatic N) is 1. The lowest BCUT2D eigenvalue weighted by atomic mass is 10.1. The van der Waals surface area contributed by atoms with Crippen LogP contribution in [0.25, 0.3) is 11.1 Å². The largest absolute Gasteiger partial charge is 0.372 e. The molecule has 0 unspecified atom stereocenters. The summed E-state index contributed by atoms with van der Waals surface area (Å²) in [4.78, 5) is 4.27. The van der Waals surface area contributed by atoms with Gasteiger partial charge in [-0.2, -0.15) is 0 Å². The van der Waals surface area contributed by atoms with Crippen LogP contribution in [0.5, 0.6) is 0 Å².